The Bertz CT molecular complexity index is 344. The van der Waals surface area contributed by atoms with Gasteiger partial charge in [0, 0.05) is 5.33 Å². The van der Waals surface area contributed by atoms with Gasteiger partial charge in [0.15, 0.2) is 0 Å². The third-order valence-electron chi connectivity index (χ3n) is 1.85. The van der Waals surface area contributed by atoms with Crippen molar-refractivity contribution >= 4 is 15.9 Å². The van der Waals surface area contributed by atoms with E-state index in [0.717, 1.165) is 11.8 Å². The standard InChI is InChI=1S/C11H12BrNO/c1-2-14-11-7-9(5-6-12)3-4-10(11)8-13/h3-4,7H,2,5-6H2,1H3. The fourth-order valence-electron chi connectivity index (χ4n) is 1.20. The van der Waals surface area contributed by atoms with Gasteiger partial charge in [-0.1, -0.05) is 22.0 Å². The molecule has 0 saturated carbocycles. The molecule has 0 aliphatic rings. The van der Waals surface area contributed by atoms with Crippen LogP contribution in [-0.2, 0) is 6.42 Å². The maximum Gasteiger partial charge on any atom is 0.137 e. The number of hydrogen-bond acceptors (Lipinski definition) is 2. The van der Waals surface area contributed by atoms with Gasteiger partial charge < -0.3 is 4.74 Å². The second-order valence-corrected chi connectivity index (χ2v) is 3.61. The minimum Gasteiger partial charge on any atom is -0.492 e. The third-order valence-corrected chi connectivity index (χ3v) is 2.25. The van der Waals surface area contributed by atoms with Crippen molar-refractivity contribution in [2.24, 2.45) is 0 Å². The summed E-state index contributed by atoms with van der Waals surface area (Å²) in [6, 6.07) is 7.82. The highest BCUT2D eigenvalue weighted by molar-refractivity contribution is 9.09. The summed E-state index contributed by atoms with van der Waals surface area (Å²) in [6.07, 6.45) is 0.950. The van der Waals surface area contributed by atoms with E-state index in [-0.39, 0.29) is 0 Å². The van der Waals surface area contributed by atoms with Gasteiger partial charge in [-0.25, -0.2) is 0 Å². The first-order chi connectivity index (χ1) is 6.81. The van der Waals surface area contributed by atoms with Crippen LogP contribution >= 0.6 is 15.9 Å². The van der Waals surface area contributed by atoms with Crippen molar-refractivity contribution in [3.63, 3.8) is 0 Å². The SMILES string of the molecule is CCOc1cc(CCBr)ccc1C#N. The number of nitrogens with zero attached hydrogens (tertiary/aromatic N) is 1. The Morgan fingerprint density at radius 3 is 2.86 bits per heavy atom. The number of halogens is 1. The molecule has 0 aliphatic heterocycles. The maximum absolute atomic E-state index is 8.83. The van der Waals surface area contributed by atoms with Crippen LogP contribution in [0.15, 0.2) is 18.2 Å². The van der Waals surface area contributed by atoms with Gasteiger partial charge >= 0.3 is 0 Å². The topological polar surface area (TPSA) is 33.0 Å². The molecule has 1 aromatic carbocycles. The Kier molecular flexibility index (Phi) is 4.48. The van der Waals surface area contributed by atoms with Gasteiger partial charge in [-0.2, -0.15) is 5.26 Å². The summed E-state index contributed by atoms with van der Waals surface area (Å²) in [5.41, 5.74) is 1.79. The van der Waals surface area contributed by atoms with Crippen molar-refractivity contribution < 1.29 is 4.74 Å². The van der Waals surface area contributed by atoms with E-state index in [1.165, 1.54) is 5.56 Å². The summed E-state index contributed by atoms with van der Waals surface area (Å²) in [7, 11) is 0. The van der Waals surface area contributed by atoms with Gasteiger partial charge in [-0.3, -0.25) is 0 Å². The van der Waals surface area contributed by atoms with E-state index in [1.807, 2.05) is 25.1 Å². The lowest BCUT2D eigenvalue weighted by Gasteiger charge is -2.06. The van der Waals surface area contributed by atoms with Crippen LogP contribution in [0.2, 0.25) is 0 Å². The molecule has 0 radical (unpaired) electrons. The Labute approximate surface area is 92.6 Å². The average molecular weight is 254 g/mol. The molecule has 0 atom stereocenters. The lowest BCUT2D eigenvalue weighted by atomic mass is 10.1. The average Bonchev–Trinajstić information content (AvgIpc) is 2.19. The Morgan fingerprint density at radius 2 is 2.29 bits per heavy atom. The quantitative estimate of drug-likeness (QED) is 0.774. The smallest absolute Gasteiger partial charge is 0.137 e. The van der Waals surface area contributed by atoms with E-state index in [0.29, 0.717) is 17.9 Å². The number of nitriles is 1. The van der Waals surface area contributed by atoms with Crippen molar-refractivity contribution in [2.45, 2.75) is 13.3 Å². The van der Waals surface area contributed by atoms with Crippen LogP contribution < -0.4 is 4.74 Å². The summed E-state index contributed by atoms with van der Waals surface area (Å²) in [4.78, 5) is 0. The largest absolute Gasteiger partial charge is 0.492 e. The summed E-state index contributed by atoms with van der Waals surface area (Å²) < 4.78 is 5.38. The zero-order valence-corrected chi connectivity index (χ0v) is 9.67. The van der Waals surface area contributed by atoms with Crippen LogP contribution in [0.4, 0.5) is 0 Å². The summed E-state index contributed by atoms with van der Waals surface area (Å²) in [5, 5.41) is 9.75. The first-order valence-corrected chi connectivity index (χ1v) is 5.65. The number of rotatable bonds is 4. The van der Waals surface area contributed by atoms with Gasteiger partial charge in [0.05, 0.1) is 12.2 Å². The van der Waals surface area contributed by atoms with E-state index in [9.17, 15) is 0 Å². The highest BCUT2D eigenvalue weighted by Gasteiger charge is 2.03. The highest BCUT2D eigenvalue weighted by Crippen LogP contribution is 2.20. The van der Waals surface area contributed by atoms with E-state index >= 15 is 0 Å². The number of alkyl halides is 1. The minimum atomic E-state index is 0.590. The van der Waals surface area contributed by atoms with Crippen LogP contribution in [0.25, 0.3) is 0 Å². The molecule has 0 heterocycles. The van der Waals surface area contributed by atoms with Crippen molar-refractivity contribution in [2.75, 3.05) is 11.9 Å². The zero-order valence-electron chi connectivity index (χ0n) is 8.09. The number of hydrogen-bond donors (Lipinski definition) is 0. The normalized spacial score (nSPS) is 9.50. The molecule has 0 aromatic heterocycles. The Balaban J connectivity index is 2.96. The predicted octanol–water partition coefficient (Wildman–Crippen LogP) is 2.89. The minimum absolute atomic E-state index is 0.590. The molecule has 14 heavy (non-hydrogen) atoms. The molecule has 1 rings (SSSR count). The lowest BCUT2D eigenvalue weighted by molar-refractivity contribution is 0.339. The van der Waals surface area contributed by atoms with E-state index in [2.05, 4.69) is 22.0 Å². The highest BCUT2D eigenvalue weighted by atomic mass is 79.9. The second kappa shape index (κ2) is 5.66. The van der Waals surface area contributed by atoms with Crippen molar-refractivity contribution in [3.05, 3.63) is 29.3 Å². The van der Waals surface area contributed by atoms with Crippen LogP contribution in [0.3, 0.4) is 0 Å². The van der Waals surface area contributed by atoms with E-state index in [4.69, 9.17) is 10.00 Å². The molecule has 0 spiro atoms. The van der Waals surface area contributed by atoms with Gasteiger partial charge in [0.1, 0.15) is 11.8 Å². The van der Waals surface area contributed by atoms with E-state index in [1.54, 1.807) is 0 Å². The van der Waals surface area contributed by atoms with Crippen molar-refractivity contribution in [1.29, 1.82) is 5.26 Å². The molecule has 2 nitrogen and oxygen atoms in total. The van der Waals surface area contributed by atoms with Crippen molar-refractivity contribution in [1.82, 2.24) is 0 Å². The van der Waals surface area contributed by atoms with Crippen LogP contribution in [0.1, 0.15) is 18.1 Å². The van der Waals surface area contributed by atoms with E-state index < -0.39 is 0 Å². The molecule has 0 N–H and O–H groups in total. The van der Waals surface area contributed by atoms with Crippen molar-refractivity contribution in [3.8, 4) is 11.8 Å². The molecule has 1 aromatic rings. The maximum atomic E-state index is 8.83. The monoisotopic (exact) mass is 253 g/mol. The Hall–Kier alpha value is -1.01. The molecule has 0 fully saturated rings. The molecule has 0 amide bonds. The van der Waals surface area contributed by atoms with Gasteiger partial charge in [-0.15, -0.1) is 0 Å². The van der Waals surface area contributed by atoms with Crippen LogP contribution in [0, 0.1) is 11.3 Å². The number of ether oxygens (including phenoxy) is 1. The molecule has 3 heteroatoms. The number of benzene rings is 1. The summed E-state index contributed by atoms with van der Waals surface area (Å²) >= 11 is 3.38. The number of aryl methyl sites for hydroxylation is 1. The predicted molar refractivity (Wildman–Crippen MR) is 59.8 cm³/mol. The second-order valence-electron chi connectivity index (χ2n) is 2.81. The summed E-state index contributed by atoms with van der Waals surface area (Å²) in [5.74, 6) is 0.688. The molecule has 0 unspecified atom stereocenters. The first kappa shape index (κ1) is 11.1. The fraction of sp³-hybridized carbons (Fsp3) is 0.364. The molecule has 74 valence electrons. The molecule has 0 aliphatic carbocycles. The lowest BCUT2D eigenvalue weighted by Crippen LogP contribution is -1.96. The van der Waals surface area contributed by atoms with Gasteiger partial charge in [0.2, 0.25) is 0 Å². The first-order valence-electron chi connectivity index (χ1n) is 4.53. The zero-order chi connectivity index (χ0) is 10.4. The van der Waals surface area contributed by atoms with Gasteiger partial charge in [0.25, 0.3) is 0 Å². The Morgan fingerprint density at radius 1 is 1.50 bits per heavy atom. The molecular weight excluding hydrogens is 242 g/mol. The third kappa shape index (κ3) is 2.74. The van der Waals surface area contributed by atoms with Gasteiger partial charge in [-0.05, 0) is 31.0 Å². The summed E-state index contributed by atoms with van der Waals surface area (Å²) in [6.45, 7) is 2.50. The molecular formula is C11H12BrNO. The molecule has 0 bridgehead atoms. The van der Waals surface area contributed by atoms with Crippen LogP contribution in [-0.4, -0.2) is 11.9 Å². The van der Waals surface area contributed by atoms with Crippen LogP contribution in [0.5, 0.6) is 5.75 Å². The molecule has 0 saturated heterocycles. The fourth-order valence-corrected chi connectivity index (χ4v) is 1.66.